The molecule has 0 saturated carbocycles. The molecule has 1 heterocycles. The van der Waals surface area contributed by atoms with Gasteiger partial charge in [-0.25, -0.2) is 0 Å². The number of hydrogen-bond acceptors (Lipinski definition) is 2. The molecule has 0 spiro atoms. The highest BCUT2D eigenvalue weighted by atomic mass is 79.9. The van der Waals surface area contributed by atoms with Crippen LogP contribution in [0.1, 0.15) is 22.8 Å². The number of rotatable bonds is 2. The van der Waals surface area contributed by atoms with Crippen molar-refractivity contribution in [1.29, 1.82) is 0 Å². The van der Waals surface area contributed by atoms with Gasteiger partial charge in [-0.05, 0) is 24.6 Å². The van der Waals surface area contributed by atoms with Crippen molar-refractivity contribution in [2.75, 3.05) is 6.54 Å². The number of fused-ring (bicyclic) bond motifs is 1. The van der Waals surface area contributed by atoms with Gasteiger partial charge in [-0.2, -0.15) is 0 Å². The lowest BCUT2D eigenvalue weighted by Crippen LogP contribution is -2.31. The molecule has 0 saturated heterocycles. The number of β-amino-alcohol motifs (C(OH)–C–C–N with tert-alkyl or cyclic N) is 1. The van der Waals surface area contributed by atoms with Crippen molar-refractivity contribution in [3.63, 3.8) is 0 Å². The van der Waals surface area contributed by atoms with E-state index in [4.69, 9.17) is 0 Å². The van der Waals surface area contributed by atoms with E-state index < -0.39 is 6.10 Å². The first-order valence-corrected chi connectivity index (χ1v) is 5.63. The summed E-state index contributed by atoms with van der Waals surface area (Å²) in [5.74, 6) is 0.00667. The van der Waals surface area contributed by atoms with Gasteiger partial charge >= 0.3 is 0 Å². The molecular weight excluding hydrogens is 258 g/mol. The summed E-state index contributed by atoms with van der Waals surface area (Å²) in [5, 5.41) is 9.26. The second kappa shape index (κ2) is 3.94. The van der Waals surface area contributed by atoms with Gasteiger partial charge in [-0.3, -0.25) is 4.79 Å². The summed E-state index contributed by atoms with van der Waals surface area (Å²) in [4.78, 5) is 13.5. The molecule has 1 atom stereocenters. The third-order valence-corrected chi connectivity index (χ3v) is 2.93. The number of carbonyl (C=O) groups is 1. The number of hydrogen-bond donors (Lipinski definition) is 1. The average Bonchev–Trinajstić information content (AvgIpc) is 2.44. The average molecular weight is 270 g/mol. The van der Waals surface area contributed by atoms with E-state index in [2.05, 4.69) is 15.9 Å². The molecule has 1 aliphatic heterocycles. The predicted octanol–water partition coefficient (Wildman–Crippen LogP) is 1.79. The van der Waals surface area contributed by atoms with Gasteiger partial charge in [0.05, 0.1) is 6.10 Å². The van der Waals surface area contributed by atoms with Crippen LogP contribution in [0.2, 0.25) is 0 Å². The molecule has 0 aromatic heterocycles. The number of aliphatic hydroxyl groups is 1. The van der Waals surface area contributed by atoms with E-state index >= 15 is 0 Å². The SMILES string of the molecule is CC(O)CN1Cc2ccc(Br)cc2C1=O. The van der Waals surface area contributed by atoms with Gasteiger partial charge in [0.2, 0.25) is 0 Å². The number of amides is 1. The van der Waals surface area contributed by atoms with Crippen molar-refractivity contribution in [2.24, 2.45) is 0 Å². The molecular formula is C11H12BrNO2. The molecule has 1 aromatic rings. The molecule has 1 amide bonds. The molecule has 80 valence electrons. The zero-order valence-corrected chi connectivity index (χ0v) is 9.99. The third-order valence-electron chi connectivity index (χ3n) is 2.44. The van der Waals surface area contributed by atoms with Gasteiger partial charge in [0.15, 0.2) is 0 Å². The number of benzene rings is 1. The van der Waals surface area contributed by atoms with Gasteiger partial charge in [0.1, 0.15) is 0 Å². The number of nitrogens with zero attached hydrogens (tertiary/aromatic N) is 1. The molecule has 1 N–H and O–H groups in total. The van der Waals surface area contributed by atoms with Crippen LogP contribution in [0.25, 0.3) is 0 Å². The van der Waals surface area contributed by atoms with E-state index in [-0.39, 0.29) is 5.91 Å². The van der Waals surface area contributed by atoms with Gasteiger partial charge in [0.25, 0.3) is 5.91 Å². The standard InChI is InChI=1S/C11H12BrNO2/c1-7(14)5-13-6-8-2-3-9(12)4-10(8)11(13)15/h2-4,7,14H,5-6H2,1H3. The monoisotopic (exact) mass is 269 g/mol. The van der Waals surface area contributed by atoms with Gasteiger partial charge in [-0.1, -0.05) is 22.0 Å². The molecule has 1 aliphatic rings. The van der Waals surface area contributed by atoms with Crippen molar-refractivity contribution in [3.05, 3.63) is 33.8 Å². The predicted molar refractivity (Wildman–Crippen MR) is 60.6 cm³/mol. The number of halogens is 1. The van der Waals surface area contributed by atoms with E-state index in [1.165, 1.54) is 0 Å². The Morgan fingerprint density at radius 3 is 3.00 bits per heavy atom. The minimum Gasteiger partial charge on any atom is -0.392 e. The fourth-order valence-corrected chi connectivity index (χ4v) is 2.16. The summed E-state index contributed by atoms with van der Waals surface area (Å²) in [5.41, 5.74) is 1.77. The normalized spacial score (nSPS) is 16.7. The van der Waals surface area contributed by atoms with Gasteiger partial charge < -0.3 is 10.0 Å². The molecule has 0 radical (unpaired) electrons. The summed E-state index contributed by atoms with van der Waals surface area (Å²) in [7, 11) is 0. The Hall–Kier alpha value is -0.870. The second-order valence-corrected chi connectivity index (χ2v) is 4.75. The van der Waals surface area contributed by atoms with Crippen LogP contribution in [0.3, 0.4) is 0 Å². The van der Waals surface area contributed by atoms with E-state index in [0.717, 1.165) is 15.6 Å². The largest absolute Gasteiger partial charge is 0.392 e. The van der Waals surface area contributed by atoms with Gasteiger partial charge in [-0.15, -0.1) is 0 Å². The molecule has 0 fully saturated rings. The van der Waals surface area contributed by atoms with Crippen molar-refractivity contribution in [3.8, 4) is 0 Å². The summed E-state index contributed by atoms with van der Waals surface area (Å²) in [6.45, 7) is 2.68. The maximum atomic E-state index is 11.9. The van der Waals surface area contributed by atoms with E-state index in [9.17, 15) is 9.90 Å². The quantitative estimate of drug-likeness (QED) is 0.890. The third kappa shape index (κ3) is 2.06. The summed E-state index contributed by atoms with van der Waals surface area (Å²) in [6.07, 6.45) is -0.480. The second-order valence-electron chi connectivity index (χ2n) is 3.84. The van der Waals surface area contributed by atoms with Crippen molar-refractivity contribution in [2.45, 2.75) is 19.6 Å². The Labute approximate surface area is 96.8 Å². The van der Waals surface area contributed by atoms with Crippen LogP contribution in [-0.2, 0) is 6.54 Å². The molecule has 1 unspecified atom stereocenters. The van der Waals surface area contributed by atoms with Crippen LogP contribution in [0.4, 0.5) is 0 Å². The molecule has 4 heteroatoms. The summed E-state index contributed by atoms with van der Waals surface area (Å²) >= 11 is 3.34. The fourth-order valence-electron chi connectivity index (χ4n) is 1.80. The Morgan fingerprint density at radius 2 is 2.33 bits per heavy atom. The molecule has 3 nitrogen and oxygen atoms in total. The highest BCUT2D eigenvalue weighted by molar-refractivity contribution is 9.10. The van der Waals surface area contributed by atoms with Crippen LogP contribution >= 0.6 is 15.9 Å². The minimum atomic E-state index is -0.480. The molecule has 15 heavy (non-hydrogen) atoms. The lowest BCUT2D eigenvalue weighted by molar-refractivity contribution is 0.0672. The Morgan fingerprint density at radius 1 is 1.60 bits per heavy atom. The highest BCUT2D eigenvalue weighted by Crippen LogP contribution is 2.25. The van der Waals surface area contributed by atoms with E-state index in [1.807, 2.05) is 18.2 Å². The highest BCUT2D eigenvalue weighted by Gasteiger charge is 2.27. The minimum absolute atomic E-state index is 0.00667. The lowest BCUT2D eigenvalue weighted by atomic mass is 10.1. The van der Waals surface area contributed by atoms with Crippen LogP contribution in [0.15, 0.2) is 22.7 Å². The fraction of sp³-hybridized carbons (Fsp3) is 0.364. The molecule has 2 rings (SSSR count). The van der Waals surface area contributed by atoms with Crippen LogP contribution in [-0.4, -0.2) is 28.6 Å². The first kappa shape index (κ1) is 10.6. The Kier molecular flexibility index (Phi) is 2.80. The van der Waals surface area contributed by atoms with E-state index in [0.29, 0.717) is 13.1 Å². The van der Waals surface area contributed by atoms with Crippen LogP contribution in [0, 0.1) is 0 Å². The molecule has 0 bridgehead atoms. The topological polar surface area (TPSA) is 40.5 Å². The van der Waals surface area contributed by atoms with Crippen LogP contribution in [0.5, 0.6) is 0 Å². The first-order chi connectivity index (χ1) is 7.08. The summed E-state index contributed by atoms with van der Waals surface area (Å²) in [6, 6.07) is 5.71. The van der Waals surface area contributed by atoms with E-state index in [1.54, 1.807) is 11.8 Å². The maximum Gasteiger partial charge on any atom is 0.254 e. The van der Waals surface area contributed by atoms with Crippen molar-refractivity contribution >= 4 is 21.8 Å². The zero-order chi connectivity index (χ0) is 11.0. The van der Waals surface area contributed by atoms with Crippen molar-refractivity contribution < 1.29 is 9.90 Å². The lowest BCUT2D eigenvalue weighted by Gasteiger charge is -2.16. The molecule has 0 aliphatic carbocycles. The Balaban J connectivity index is 2.26. The smallest absolute Gasteiger partial charge is 0.254 e. The first-order valence-electron chi connectivity index (χ1n) is 4.83. The number of carbonyl (C=O) groups excluding carboxylic acids is 1. The number of aliphatic hydroxyl groups excluding tert-OH is 1. The van der Waals surface area contributed by atoms with Crippen LogP contribution < -0.4 is 0 Å². The van der Waals surface area contributed by atoms with Crippen molar-refractivity contribution in [1.82, 2.24) is 4.90 Å². The summed E-state index contributed by atoms with van der Waals surface area (Å²) < 4.78 is 0.911. The molecule has 1 aromatic carbocycles. The zero-order valence-electron chi connectivity index (χ0n) is 8.40. The Bertz CT molecular complexity index is 404. The van der Waals surface area contributed by atoms with Gasteiger partial charge in [0, 0.05) is 23.1 Å². The maximum absolute atomic E-state index is 11.9.